The third kappa shape index (κ3) is 3.28. The van der Waals surface area contributed by atoms with Gasteiger partial charge in [0.15, 0.2) is 0 Å². The Bertz CT molecular complexity index is 482. The molecule has 0 unspecified atom stereocenters. The molecule has 0 amide bonds. The minimum absolute atomic E-state index is 0.0901. The maximum atomic E-state index is 13.6. The molecule has 0 saturated carbocycles. The lowest BCUT2D eigenvalue weighted by molar-refractivity contribution is 0.156. The number of halogens is 2. The van der Waals surface area contributed by atoms with Crippen molar-refractivity contribution < 1.29 is 8.78 Å². The normalized spacial score (nSPS) is 19.3. The molecular formula is C14H18F2N2S. The van der Waals surface area contributed by atoms with Crippen LogP contribution in [-0.4, -0.2) is 23.0 Å². The summed E-state index contributed by atoms with van der Waals surface area (Å²) in [7, 11) is 0. The van der Waals surface area contributed by atoms with E-state index in [1.165, 1.54) is 12.1 Å². The molecule has 1 aliphatic heterocycles. The Kier molecular flexibility index (Phi) is 4.16. The molecule has 1 aliphatic rings. The highest BCUT2D eigenvalue weighted by Gasteiger charge is 2.32. The summed E-state index contributed by atoms with van der Waals surface area (Å²) in [6.45, 7) is 4.22. The lowest BCUT2D eigenvalue weighted by Crippen LogP contribution is -2.44. The summed E-state index contributed by atoms with van der Waals surface area (Å²) in [6, 6.07) is 3.73. The van der Waals surface area contributed by atoms with Crippen LogP contribution < -0.4 is 5.73 Å². The van der Waals surface area contributed by atoms with E-state index in [1.54, 1.807) is 0 Å². The van der Waals surface area contributed by atoms with Gasteiger partial charge in [0, 0.05) is 23.6 Å². The summed E-state index contributed by atoms with van der Waals surface area (Å²) in [5.74, 6) is -1.02. The summed E-state index contributed by atoms with van der Waals surface area (Å²) < 4.78 is 26.4. The van der Waals surface area contributed by atoms with Crippen molar-refractivity contribution in [3.05, 3.63) is 35.4 Å². The van der Waals surface area contributed by atoms with Crippen LogP contribution in [0, 0.1) is 17.0 Å². The van der Waals surface area contributed by atoms with E-state index in [0.717, 1.165) is 32.0 Å². The zero-order valence-electron chi connectivity index (χ0n) is 11.0. The largest absolute Gasteiger partial charge is 0.393 e. The number of nitrogens with zero attached hydrogens (tertiary/aromatic N) is 1. The zero-order chi connectivity index (χ0) is 14.0. The first-order chi connectivity index (χ1) is 8.90. The molecule has 104 valence electrons. The summed E-state index contributed by atoms with van der Waals surface area (Å²) in [5, 5.41) is 0. The average molecular weight is 284 g/mol. The van der Waals surface area contributed by atoms with Gasteiger partial charge in [-0.15, -0.1) is 0 Å². The van der Waals surface area contributed by atoms with Crippen LogP contribution in [0.1, 0.15) is 25.3 Å². The lowest BCUT2D eigenvalue weighted by Gasteiger charge is -2.38. The maximum Gasteiger partial charge on any atom is 0.130 e. The number of nitrogens with two attached hydrogens (primary N) is 1. The second-order valence-corrected chi connectivity index (χ2v) is 5.88. The van der Waals surface area contributed by atoms with Crippen LogP contribution in [-0.2, 0) is 6.54 Å². The first-order valence-electron chi connectivity index (χ1n) is 6.37. The number of piperidine rings is 1. The molecule has 1 aromatic rings. The maximum absolute atomic E-state index is 13.6. The second kappa shape index (κ2) is 5.51. The zero-order valence-corrected chi connectivity index (χ0v) is 11.8. The molecule has 1 heterocycles. The van der Waals surface area contributed by atoms with Crippen LogP contribution in [0.15, 0.2) is 18.2 Å². The summed E-state index contributed by atoms with van der Waals surface area (Å²) in [6.07, 6.45) is 1.76. The van der Waals surface area contributed by atoms with E-state index >= 15 is 0 Å². The molecule has 0 atom stereocenters. The van der Waals surface area contributed by atoms with Crippen LogP contribution in [0.2, 0.25) is 0 Å². The molecule has 0 aromatic heterocycles. The van der Waals surface area contributed by atoms with Gasteiger partial charge in [-0.3, -0.25) is 4.90 Å². The highest BCUT2D eigenvalue weighted by molar-refractivity contribution is 7.80. The molecule has 19 heavy (non-hydrogen) atoms. The molecular weight excluding hydrogens is 266 g/mol. The molecule has 1 fully saturated rings. The smallest absolute Gasteiger partial charge is 0.130 e. The van der Waals surface area contributed by atoms with Gasteiger partial charge in [-0.1, -0.05) is 25.2 Å². The molecule has 2 rings (SSSR count). The quantitative estimate of drug-likeness (QED) is 0.865. The van der Waals surface area contributed by atoms with Crippen molar-refractivity contribution >= 4 is 17.2 Å². The van der Waals surface area contributed by atoms with E-state index < -0.39 is 11.6 Å². The first kappa shape index (κ1) is 14.3. The molecule has 5 heteroatoms. The van der Waals surface area contributed by atoms with E-state index in [0.29, 0.717) is 17.1 Å². The van der Waals surface area contributed by atoms with Crippen LogP contribution in [0.3, 0.4) is 0 Å². The number of thiocarbonyl (C=S) groups is 1. The predicted molar refractivity (Wildman–Crippen MR) is 75.8 cm³/mol. The molecule has 0 spiro atoms. The Balaban J connectivity index is 1.98. The summed E-state index contributed by atoms with van der Waals surface area (Å²) in [5.41, 5.74) is 6.19. The Labute approximate surface area is 117 Å². The second-order valence-electron chi connectivity index (χ2n) is 5.44. The van der Waals surface area contributed by atoms with Crippen molar-refractivity contribution in [3.8, 4) is 0 Å². The molecule has 0 radical (unpaired) electrons. The summed E-state index contributed by atoms with van der Waals surface area (Å²) in [4.78, 5) is 2.70. The van der Waals surface area contributed by atoms with Gasteiger partial charge in [-0.25, -0.2) is 8.78 Å². The molecule has 0 aliphatic carbocycles. The SMILES string of the molecule is CC1(C(N)=S)CCN(Cc2ccc(F)cc2F)CC1. The number of benzene rings is 1. The molecule has 1 aromatic carbocycles. The number of likely N-dealkylation sites (tertiary alicyclic amines) is 1. The van der Waals surface area contributed by atoms with Gasteiger partial charge in [-0.2, -0.15) is 0 Å². The van der Waals surface area contributed by atoms with Crippen molar-refractivity contribution in [1.82, 2.24) is 4.90 Å². The number of hydrogen-bond acceptors (Lipinski definition) is 2. The van der Waals surface area contributed by atoms with Crippen molar-refractivity contribution in [2.75, 3.05) is 13.1 Å². The van der Waals surface area contributed by atoms with Gasteiger partial charge in [-0.05, 0) is 32.0 Å². The van der Waals surface area contributed by atoms with Crippen molar-refractivity contribution in [2.24, 2.45) is 11.1 Å². The number of hydrogen-bond donors (Lipinski definition) is 1. The minimum Gasteiger partial charge on any atom is -0.393 e. The summed E-state index contributed by atoms with van der Waals surface area (Å²) >= 11 is 5.09. The van der Waals surface area contributed by atoms with E-state index in [-0.39, 0.29) is 5.41 Å². The van der Waals surface area contributed by atoms with Crippen molar-refractivity contribution in [3.63, 3.8) is 0 Å². The van der Waals surface area contributed by atoms with Gasteiger partial charge in [0.05, 0.1) is 4.99 Å². The molecule has 1 saturated heterocycles. The van der Waals surface area contributed by atoms with Gasteiger partial charge in [0.1, 0.15) is 11.6 Å². The Morgan fingerprint density at radius 1 is 1.37 bits per heavy atom. The topological polar surface area (TPSA) is 29.3 Å². The van der Waals surface area contributed by atoms with E-state index in [2.05, 4.69) is 11.8 Å². The van der Waals surface area contributed by atoms with Crippen LogP contribution >= 0.6 is 12.2 Å². The minimum atomic E-state index is -0.541. The highest BCUT2D eigenvalue weighted by atomic mass is 32.1. The van der Waals surface area contributed by atoms with Gasteiger partial charge < -0.3 is 5.73 Å². The van der Waals surface area contributed by atoms with Crippen LogP contribution in [0.25, 0.3) is 0 Å². The molecule has 2 N–H and O–H groups in total. The van der Waals surface area contributed by atoms with Crippen LogP contribution in [0.4, 0.5) is 8.78 Å². The third-order valence-corrected chi connectivity index (χ3v) is 4.46. The number of rotatable bonds is 3. The standard InChI is InChI=1S/C14H18F2N2S/c1-14(13(17)19)4-6-18(7-5-14)9-10-2-3-11(15)8-12(10)16/h2-3,8H,4-7,9H2,1H3,(H2,17,19). The highest BCUT2D eigenvalue weighted by Crippen LogP contribution is 2.31. The van der Waals surface area contributed by atoms with Crippen molar-refractivity contribution in [2.45, 2.75) is 26.3 Å². The Morgan fingerprint density at radius 2 is 2.00 bits per heavy atom. The van der Waals surface area contributed by atoms with Gasteiger partial charge in [0.25, 0.3) is 0 Å². The van der Waals surface area contributed by atoms with E-state index in [4.69, 9.17) is 18.0 Å². The van der Waals surface area contributed by atoms with Gasteiger partial charge in [0.2, 0.25) is 0 Å². The lowest BCUT2D eigenvalue weighted by atomic mass is 9.80. The molecule has 0 bridgehead atoms. The Morgan fingerprint density at radius 3 is 2.53 bits per heavy atom. The predicted octanol–water partition coefficient (Wildman–Crippen LogP) is 2.85. The monoisotopic (exact) mass is 284 g/mol. The van der Waals surface area contributed by atoms with Crippen LogP contribution in [0.5, 0.6) is 0 Å². The third-order valence-electron chi connectivity index (χ3n) is 3.96. The fourth-order valence-electron chi connectivity index (χ4n) is 2.34. The average Bonchev–Trinajstić information content (AvgIpc) is 2.35. The fourth-order valence-corrected chi connectivity index (χ4v) is 2.55. The van der Waals surface area contributed by atoms with Crippen molar-refractivity contribution in [1.29, 1.82) is 0 Å². The first-order valence-corrected chi connectivity index (χ1v) is 6.78. The molecule has 2 nitrogen and oxygen atoms in total. The van der Waals surface area contributed by atoms with E-state index in [1.807, 2.05) is 0 Å². The van der Waals surface area contributed by atoms with Gasteiger partial charge >= 0.3 is 0 Å². The Hall–Kier alpha value is -1.07. The van der Waals surface area contributed by atoms with E-state index in [9.17, 15) is 8.78 Å². The fraction of sp³-hybridized carbons (Fsp3) is 0.500.